The van der Waals surface area contributed by atoms with Crippen molar-refractivity contribution in [2.24, 2.45) is 11.8 Å². The largest absolute Gasteiger partial charge is 0.396 e. The molecule has 0 saturated heterocycles. The molecule has 9 heavy (non-hydrogen) atoms. The predicted molar refractivity (Wildman–Crippen MR) is 38.0 cm³/mol. The molecular weight excluding hydrogens is 112 g/mol. The second kappa shape index (κ2) is 2.83. The van der Waals surface area contributed by atoms with Crippen molar-refractivity contribution in [1.82, 2.24) is 0 Å². The normalized spacial score (nSPS) is 21.1. The molecule has 1 nitrogen and oxygen atoms in total. The van der Waals surface area contributed by atoms with E-state index in [-0.39, 0.29) is 6.61 Å². The second-order valence-corrected chi connectivity index (χ2v) is 2.51. The van der Waals surface area contributed by atoms with Crippen LogP contribution in [0, 0.1) is 11.8 Å². The van der Waals surface area contributed by atoms with Crippen LogP contribution in [-0.2, 0) is 0 Å². The van der Waals surface area contributed by atoms with Crippen molar-refractivity contribution in [3.8, 4) is 0 Å². The molecule has 0 radical (unpaired) electrons. The van der Waals surface area contributed by atoms with Gasteiger partial charge in [-0.3, -0.25) is 0 Å². The maximum absolute atomic E-state index is 8.73. The van der Waals surface area contributed by atoms with Gasteiger partial charge in [-0.2, -0.15) is 0 Å². The van der Waals surface area contributed by atoms with Crippen molar-refractivity contribution < 1.29 is 5.11 Å². The van der Waals surface area contributed by atoms with Gasteiger partial charge in [0, 0.05) is 12.5 Å². The summed E-state index contributed by atoms with van der Waals surface area (Å²) in [5.74, 6) is 0.843. The van der Waals surface area contributed by atoms with Crippen LogP contribution in [0.25, 0.3) is 0 Å². The van der Waals surface area contributed by atoms with Gasteiger partial charge >= 0.3 is 0 Å². The third kappa shape index (κ3) is 1.42. The Morgan fingerprint density at radius 1 is 1.44 bits per heavy atom. The van der Waals surface area contributed by atoms with E-state index in [1.54, 1.807) is 0 Å². The Labute approximate surface area is 55.7 Å². The van der Waals surface area contributed by atoms with Gasteiger partial charge in [0.05, 0.1) is 0 Å². The molecule has 0 amide bonds. The molecule has 1 N–H and O–H groups in total. The number of hydrogen-bond acceptors (Lipinski definition) is 1. The quantitative estimate of drug-likeness (QED) is 0.589. The maximum atomic E-state index is 8.73. The van der Waals surface area contributed by atoms with E-state index in [0.717, 1.165) is 0 Å². The Morgan fingerprint density at radius 2 is 2.00 bits per heavy atom. The van der Waals surface area contributed by atoms with Crippen molar-refractivity contribution >= 4 is 0 Å². The SMILES string of the molecule is CC(CO)C1C=CC=C1. The van der Waals surface area contributed by atoms with Gasteiger partial charge in [0.25, 0.3) is 0 Å². The molecule has 1 aliphatic rings. The number of aliphatic hydroxyl groups excluding tert-OH is 1. The van der Waals surface area contributed by atoms with Gasteiger partial charge in [-0.1, -0.05) is 31.2 Å². The molecule has 0 heterocycles. The van der Waals surface area contributed by atoms with Gasteiger partial charge in [-0.25, -0.2) is 0 Å². The molecule has 0 spiro atoms. The lowest BCUT2D eigenvalue weighted by atomic mass is 9.97. The van der Waals surface area contributed by atoms with Crippen LogP contribution >= 0.6 is 0 Å². The minimum Gasteiger partial charge on any atom is -0.396 e. The molecule has 1 atom stereocenters. The van der Waals surface area contributed by atoms with Crippen molar-refractivity contribution in [2.75, 3.05) is 6.61 Å². The highest BCUT2D eigenvalue weighted by molar-refractivity contribution is 5.18. The van der Waals surface area contributed by atoms with Crippen molar-refractivity contribution in [1.29, 1.82) is 0 Å². The van der Waals surface area contributed by atoms with Crippen LogP contribution in [0.3, 0.4) is 0 Å². The summed E-state index contributed by atoms with van der Waals surface area (Å²) in [6.07, 6.45) is 8.27. The Kier molecular flexibility index (Phi) is 2.06. The van der Waals surface area contributed by atoms with E-state index in [9.17, 15) is 0 Å². The first-order valence-electron chi connectivity index (χ1n) is 3.30. The summed E-state index contributed by atoms with van der Waals surface area (Å²) in [6, 6.07) is 0. The molecule has 0 aromatic heterocycles. The Hall–Kier alpha value is -0.560. The Morgan fingerprint density at radius 3 is 2.44 bits per heavy atom. The summed E-state index contributed by atoms with van der Waals surface area (Å²) in [7, 11) is 0. The average molecular weight is 124 g/mol. The van der Waals surface area contributed by atoms with Gasteiger partial charge in [-0.05, 0) is 5.92 Å². The molecule has 0 saturated carbocycles. The zero-order chi connectivity index (χ0) is 6.69. The molecule has 0 aliphatic heterocycles. The van der Waals surface area contributed by atoms with Crippen LogP contribution in [0.4, 0.5) is 0 Å². The maximum Gasteiger partial charge on any atom is 0.0465 e. The number of aliphatic hydroxyl groups is 1. The average Bonchev–Trinajstić information content (AvgIpc) is 2.37. The Bertz CT molecular complexity index is 124. The zero-order valence-corrected chi connectivity index (χ0v) is 5.62. The number of hydrogen-bond donors (Lipinski definition) is 1. The first-order valence-corrected chi connectivity index (χ1v) is 3.30. The highest BCUT2D eigenvalue weighted by atomic mass is 16.3. The molecule has 0 aromatic rings. The summed E-state index contributed by atoms with van der Waals surface area (Å²) in [5.41, 5.74) is 0. The van der Waals surface area contributed by atoms with Gasteiger partial charge in [0.1, 0.15) is 0 Å². The van der Waals surface area contributed by atoms with Crippen LogP contribution in [0.2, 0.25) is 0 Å². The minimum absolute atomic E-state index is 0.277. The van der Waals surface area contributed by atoms with Gasteiger partial charge in [0.2, 0.25) is 0 Å². The minimum atomic E-state index is 0.277. The van der Waals surface area contributed by atoms with E-state index in [1.165, 1.54) is 0 Å². The predicted octanol–water partition coefficient (Wildman–Crippen LogP) is 1.36. The molecule has 1 aliphatic carbocycles. The fraction of sp³-hybridized carbons (Fsp3) is 0.500. The summed E-state index contributed by atoms with van der Waals surface area (Å²) < 4.78 is 0. The summed E-state index contributed by atoms with van der Waals surface area (Å²) >= 11 is 0. The topological polar surface area (TPSA) is 20.2 Å². The standard InChI is InChI=1S/C8H12O/c1-7(6-9)8-4-2-3-5-8/h2-5,7-9H,6H2,1H3. The van der Waals surface area contributed by atoms with Crippen molar-refractivity contribution in [3.63, 3.8) is 0 Å². The smallest absolute Gasteiger partial charge is 0.0465 e. The molecular formula is C8H12O. The van der Waals surface area contributed by atoms with E-state index >= 15 is 0 Å². The van der Waals surface area contributed by atoms with E-state index in [2.05, 4.69) is 12.2 Å². The van der Waals surface area contributed by atoms with E-state index in [4.69, 9.17) is 5.11 Å². The molecule has 1 rings (SSSR count). The fourth-order valence-electron chi connectivity index (χ4n) is 0.950. The van der Waals surface area contributed by atoms with Gasteiger partial charge in [0.15, 0.2) is 0 Å². The second-order valence-electron chi connectivity index (χ2n) is 2.51. The number of allylic oxidation sites excluding steroid dienone is 4. The van der Waals surface area contributed by atoms with E-state index < -0.39 is 0 Å². The third-order valence-corrected chi connectivity index (χ3v) is 1.72. The van der Waals surface area contributed by atoms with Crippen LogP contribution in [0.5, 0.6) is 0 Å². The molecule has 1 heteroatoms. The van der Waals surface area contributed by atoms with Crippen LogP contribution < -0.4 is 0 Å². The van der Waals surface area contributed by atoms with E-state index in [1.807, 2.05) is 19.1 Å². The summed E-state index contributed by atoms with van der Waals surface area (Å²) in [4.78, 5) is 0. The third-order valence-electron chi connectivity index (χ3n) is 1.72. The van der Waals surface area contributed by atoms with E-state index in [0.29, 0.717) is 11.8 Å². The van der Waals surface area contributed by atoms with Crippen LogP contribution in [0.15, 0.2) is 24.3 Å². The fourth-order valence-corrected chi connectivity index (χ4v) is 0.950. The lowest BCUT2D eigenvalue weighted by molar-refractivity contribution is 0.221. The van der Waals surface area contributed by atoms with Crippen molar-refractivity contribution in [2.45, 2.75) is 6.92 Å². The monoisotopic (exact) mass is 124 g/mol. The van der Waals surface area contributed by atoms with Crippen molar-refractivity contribution in [3.05, 3.63) is 24.3 Å². The van der Waals surface area contributed by atoms with Crippen LogP contribution in [0.1, 0.15) is 6.92 Å². The summed E-state index contributed by atoms with van der Waals surface area (Å²) in [5, 5.41) is 8.73. The Balaban J connectivity index is 2.43. The first kappa shape index (κ1) is 6.56. The number of rotatable bonds is 2. The zero-order valence-electron chi connectivity index (χ0n) is 5.62. The van der Waals surface area contributed by atoms with Gasteiger partial charge in [-0.15, -0.1) is 0 Å². The summed E-state index contributed by atoms with van der Waals surface area (Å²) in [6.45, 7) is 2.32. The van der Waals surface area contributed by atoms with Gasteiger partial charge < -0.3 is 5.11 Å². The molecule has 1 unspecified atom stereocenters. The van der Waals surface area contributed by atoms with Crippen LogP contribution in [-0.4, -0.2) is 11.7 Å². The molecule has 0 bridgehead atoms. The lowest BCUT2D eigenvalue weighted by Gasteiger charge is -2.10. The highest BCUT2D eigenvalue weighted by Gasteiger charge is 2.11. The molecule has 0 aromatic carbocycles. The first-order chi connectivity index (χ1) is 4.34. The molecule has 0 fully saturated rings. The lowest BCUT2D eigenvalue weighted by Crippen LogP contribution is -2.09. The molecule has 50 valence electrons. The highest BCUT2D eigenvalue weighted by Crippen LogP contribution is 2.17.